The molecule has 0 atom stereocenters. The Morgan fingerprint density at radius 2 is 2.25 bits per heavy atom. The largest absolute Gasteiger partial charge is 0.257 e. The fourth-order valence-corrected chi connectivity index (χ4v) is 1.64. The van der Waals surface area contributed by atoms with Crippen LogP contribution in [0.25, 0.3) is 0 Å². The number of allylic oxidation sites excluding steroid dienone is 5. The molecule has 0 fully saturated rings. The summed E-state index contributed by atoms with van der Waals surface area (Å²) >= 11 is 5.25. The van der Waals surface area contributed by atoms with Crippen LogP contribution >= 0.6 is 12.2 Å². The molecule has 0 radical (unpaired) electrons. The van der Waals surface area contributed by atoms with Crippen LogP contribution in [0.4, 0.5) is 0 Å². The summed E-state index contributed by atoms with van der Waals surface area (Å²) in [6, 6.07) is 0. The van der Waals surface area contributed by atoms with Crippen molar-refractivity contribution in [3.63, 3.8) is 0 Å². The third kappa shape index (κ3) is 1.30. The van der Waals surface area contributed by atoms with Gasteiger partial charge in [0.05, 0.1) is 5.70 Å². The highest BCUT2D eigenvalue weighted by molar-refractivity contribution is 7.80. The van der Waals surface area contributed by atoms with Crippen molar-refractivity contribution in [3.05, 3.63) is 35.6 Å². The van der Waals surface area contributed by atoms with Crippen molar-refractivity contribution in [3.8, 4) is 0 Å². The van der Waals surface area contributed by atoms with Gasteiger partial charge in [-0.05, 0) is 18.9 Å². The van der Waals surface area contributed by atoms with Crippen LogP contribution in [-0.4, -0.2) is 11.1 Å². The van der Waals surface area contributed by atoms with Crippen LogP contribution in [0.15, 0.2) is 40.6 Å². The molecule has 1 aliphatic carbocycles. The van der Waals surface area contributed by atoms with Gasteiger partial charge < -0.3 is 0 Å². The molecule has 0 amide bonds. The van der Waals surface area contributed by atoms with E-state index in [1.807, 2.05) is 24.4 Å². The van der Waals surface area contributed by atoms with Crippen LogP contribution in [0.2, 0.25) is 0 Å². The van der Waals surface area contributed by atoms with E-state index in [0.717, 1.165) is 29.0 Å². The normalized spacial score (nSPS) is 21.2. The maximum Gasteiger partial charge on any atom is 0.0673 e. The molecule has 0 aromatic rings. The zero-order chi connectivity index (χ0) is 8.39. The summed E-state index contributed by atoms with van der Waals surface area (Å²) in [6.45, 7) is 0. The number of hydrogen-bond acceptors (Lipinski definition) is 2. The van der Waals surface area contributed by atoms with Crippen molar-refractivity contribution in [1.29, 1.82) is 0 Å². The zero-order valence-corrected chi connectivity index (χ0v) is 7.47. The van der Waals surface area contributed by atoms with E-state index < -0.39 is 0 Å². The van der Waals surface area contributed by atoms with E-state index in [2.05, 4.69) is 11.1 Å². The van der Waals surface area contributed by atoms with Crippen LogP contribution < -0.4 is 0 Å². The number of thiocarbonyl (C=S) groups is 1. The van der Waals surface area contributed by atoms with Gasteiger partial charge in [0.2, 0.25) is 0 Å². The highest BCUT2D eigenvalue weighted by atomic mass is 32.1. The molecule has 1 heterocycles. The molecular formula is C10H9NS. The van der Waals surface area contributed by atoms with E-state index in [9.17, 15) is 0 Å². The maximum atomic E-state index is 5.25. The van der Waals surface area contributed by atoms with E-state index in [0.29, 0.717) is 0 Å². The van der Waals surface area contributed by atoms with E-state index in [1.165, 1.54) is 0 Å². The van der Waals surface area contributed by atoms with Crippen LogP contribution in [0, 0.1) is 0 Å². The number of hydrogen-bond donors (Lipinski definition) is 0. The van der Waals surface area contributed by atoms with Crippen molar-refractivity contribution in [2.45, 2.75) is 12.8 Å². The number of aliphatic imine (C=N–C) groups is 1. The summed E-state index contributed by atoms with van der Waals surface area (Å²) in [7, 11) is 0. The zero-order valence-electron chi connectivity index (χ0n) is 6.66. The van der Waals surface area contributed by atoms with Gasteiger partial charge in [-0.3, -0.25) is 4.99 Å². The van der Waals surface area contributed by atoms with Gasteiger partial charge in [0.1, 0.15) is 0 Å². The van der Waals surface area contributed by atoms with Gasteiger partial charge in [-0.1, -0.05) is 30.4 Å². The predicted molar refractivity (Wildman–Crippen MR) is 55.6 cm³/mol. The molecular weight excluding hydrogens is 166 g/mol. The van der Waals surface area contributed by atoms with Crippen molar-refractivity contribution >= 4 is 23.3 Å². The monoisotopic (exact) mass is 175 g/mol. The Kier molecular flexibility index (Phi) is 2.00. The summed E-state index contributed by atoms with van der Waals surface area (Å²) in [4.78, 5) is 5.33. The molecule has 0 aromatic heterocycles. The molecule has 0 saturated heterocycles. The molecule has 0 N–H and O–H groups in total. The number of rotatable bonds is 0. The summed E-state index contributed by atoms with van der Waals surface area (Å²) in [5.74, 6) is 0. The number of nitrogens with zero attached hydrogens (tertiary/aromatic N) is 1. The molecule has 2 aliphatic rings. The molecule has 2 rings (SSSR count). The summed E-state index contributed by atoms with van der Waals surface area (Å²) in [5.41, 5.74) is 2.16. The topological polar surface area (TPSA) is 12.4 Å². The lowest BCUT2D eigenvalue weighted by atomic mass is 9.98. The Balaban J connectivity index is 2.48. The molecule has 0 aromatic carbocycles. The van der Waals surface area contributed by atoms with Crippen LogP contribution in [0.5, 0.6) is 0 Å². The molecule has 1 nitrogen and oxygen atoms in total. The van der Waals surface area contributed by atoms with Crippen molar-refractivity contribution in [2.75, 3.05) is 0 Å². The maximum absolute atomic E-state index is 5.25. The lowest BCUT2D eigenvalue weighted by Crippen LogP contribution is -2.05. The smallest absolute Gasteiger partial charge is 0.0673 e. The third-order valence-corrected chi connectivity index (χ3v) is 2.38. The first kappa shape index (κ1) is 7.62. The second-order valence-corrected chi connectivity index (χ2v) is 3.29. The standard InChI is InChI=1S/C10H9NS/c12-10-6-3-5-9-8(10)4-1-2-7-11-9/h1-2,4-5,7H,3,6H2. The second kappa shape index (κ2) is 3.15. The molecule has 60 valence electrons. The van der Waals surface area contributed by atoms with Crippen LogP contribution in [0.1, 0.15) is 12.8 Å². The molecule has 0 saturated carbocycles. The van der Waals surface area contributed by atoms with Crippen LogP contribution in [-0.2, 0) is 0 Å². The molecule has 2 heteroatoms. The van der Waals surface area contributed by atoms with Crippen molar-refractivity contribution in [1.82, 2.24) is 0 Å². The predicted octanol–water partition coefficient (Wildman–Crippen LogP) is 2.60. The van der Waals surface area contributed by atoms with Gasteiger partial charge in [-0.2, -0.15) is 0 Å². The SMILES string of the molecule is S=C1CCC=C2N=CC=CC=C12. The highest BCUT2D eigenvalue weighted by Crippen LogP contribution is 2.23. The summed E-state index contributed by atoms with van der Waals surface area (Å²) in [5, 5.41) is 0. The molecule has 0 bridgehead atoms. The van der Waals surface area contributed by atoms with Crippen LogP contribution in [0.3, 0.4) is 0 Å². The Bertz CT molecular complexity index is 332. The van der Waals surface area contributed by atoms with E-state index >= 15 is 0 Å². The second-order valence-electron chi connectivity index (χ2n) is 2.79. The van der Waals surface area contributed by atoms with Gasteiger partial charge in [0.15, 0.2) is 0 Å². The first-order chi connectivity index (χ1) is 5.88. The molecule has 0 spiro atoms. The minimum atomic E-state index is 0.994. The summed E-state index contributed by atoms with van der Waals surface area (Å²) < 4.78 is 0. The molecule has 0 unspecified atom stereocenters. The van der Waals surface area contributed by atoms with Gasteiger partial charge >= 0.3 is 0 Å². The van der Waals surface area contributed by atoms with Gasteiger partial charge in [-0.25, -0.2) is 0 Å². The van der Waals surface area contributed by atoms with Gasteiger partial charge in [-0.15, -0.1) is 0 Å². The highest BCUT2D eigenvalue weighted by Gasteiger charge is 2.13. The Morgan fingerprint density at radius 3 is 3.17 bits per heavy atom. The quantitative estimate of drug-likeness (QED) is 0.515. The van der Waals surface area contributed by atoms with Crippen molar-refractivity contribution < 1.29 is 0 Å². The lowest BCUT2D eigenvalue weighted by Gasteiger charge is -2.12. The van der Waals surface area contributed by atoms with Gasteiger partial charge in [0.25, 0.3) is 0 Å². The van der Waals surface area contributed by atoms with E-state index in [1.54, 1.807) is 0 Å². The molecule has 12 heavy (non-hydrogen) atoms. The van der Waals surface area contributed by atoms with E-state index in [4.69, 9.17) is 12.2 Å². The van der Waals surface area contributed by atoms with Crippen molar-refractivity contribution in [2.24, 2.45) is 4.99 Å². The Labute approximate surface area is 77.2 Å². The Hall–Kier alpha value is -1.02. The number of fused-ring (bicyclic) bond motifs is 1. The summed E-state index contributed by atoms with van der Waals surface area (Å²) in [6.07, 6.45) is 11.9. The minimum absolute atomic E-state index is 0.994. The first-order valence-corrected chi connectivity index (χ1v) is 4.43. The van der Waals surface area contributed by atoms with E-state index in [-0.39, 0.29) is 0 Å². The van der Waals surface area contributed by atoms with Gasteiger partial charge in [0, 0.05) is 16.7 Å². The third-order valence-electron chi connectivity index (χ3n) is 1.96. The fraction of sp³-hybridized carbons (Fsp3) is 0.200. The fourth-order valence-electron chi connectivity index (χ4n) is 1.35. The lowest BCUT2D eigenvalue weighted by molar-refractivity contribution is 1.06. The minimum Gasteiger partial charge on any atom is -0.257 e. The average Bonchev–Trinajstić information content (AvgIpc) is 2.30. The molecule has 1 aliphatic heterocycles. The average molecular weight is 175 g/mol. The first-order valence-electron chi connectivity index (χ1n) is 4.03. The Morgan fingerprint density at radius 1 is 1.33 bits per heavy atom.